The molecular formula is C16H21N. The van der Waals surface area contributed by atoms with E-state index in [1.54, 1.807) is 0 Å². The highest BCUT2D eigenvalue weighted by molar-refractivity contribution is 5.93. The summed E-state index contributed by atoms with van der Waals surface area (Å²) in [7, 11) is 0. The Morgan fingerprint density at radius 2 is 1.82 bits per heavy atom. The standard InChI is InChI=1S/C16H21N/c1-14(15-9-5-4-6-10-15)13-16-11-7-2-3-8-12-17-16/h4-6,9-10H,1-3,7-8,11-13H2. The highest BCUT2D eigenvalue weighted by atomic mass is 14.7. The van der Waals surface area contributed by atoms with Crippen LogP contribution in [-0.4, -0.2) is 12.3 Å². The van der Waals surface area contributed by atoms with Gasteiger partial charge in [0.15, 0.2) is 0 Å². The third-order valence-corrected chi connectivity index (χ3v) is 3.31. The van der Waals surface area contributed by atoms with Gasteiger partial charge in [-0.1, -0.05) is 49.8 Å². The van der Waals surface area contributed by atoms with E-state index in [1.165, 1.54) is 42.5 Å². The molecule has 0 aliphatic carbocycles. The van der Waals surface area contributed by atoms with Crippen LogP contribution in [0.1, 0.15) is 44.1 Å². The molecule has 0 saturated carbocycles. The van der Waals surface area contributed by atoms with Crippen molar-refractivity contribution in [1.29, 1.82) is 0 Å². The van der Waals surface area contributed by atoms with Gasteiger partial charge in [0.1, 0.15) is 0 Å². The van der Waals surface area contributed by atoms with Gasteiger partial charge in [-0.2, -0.15) is 0 Å². The molecule has 2 rings (SSSR count). The zero-order valence-electron chi connectivity index (χ0n) is 10.5. The summed E-state index contributed by atoms with van der Waals surface area (Å²) < 4.78 is 0. The minimum absolute atomic E-state index is 0.948. The average molecular weight is 227 g/mol. The zero-order chi connectivity index (χ0) is 11.9. The first-order valence-corrected chi connectivity index (χ1v) is 6.61. The minimum Gasteiger partial charge on any atom is -0.294 e. The zero-order valence-corrected chi connectivity index (χ0v) is 10.5. The maximum Gasteiger partial charge on any atom is 0.0388 e. The van der Waals surface area contributed by atoms with E-state index < -0.39 is 0 Å². The third-order valence-electron chi connectivity index (χ3n) is 3.31. The van der Waals surface area contributed by atoms with Crippen molar-refractivity contribution >= 4 is 11.3 Å². The first-order chi connectivity index (χ1) is 8.36. The van der Waals surface area contributed by atoms with Gasteiger partial charge in [-0.15, -0.1) is 0 Å². The second-order valence-electron chi connectivity index (χ2n) is 4.76. The molecule has 90 valence electrons. The summed E-state index contributed by atoms with van der Waals surface area (Å²) in [5, 5.41) is 0. The average Bonchev–Trinajstić information content (AvgIpc) is 2.33. The van der Waals surface area contributed by atoms with Crippen LogP contribution in [0.4, 0.5) is 0 Å². The summed E-state index contributed by atoms with van der Waals surface area (Å²) in [6, 6.07) is 10.4. The predicted octanol–water partition coefficient (Wildman–Crippen LogP) is 4.50. The Hall–Kier alpha value is -1.37. The van der Waals surface area contributed by atoms with Gasteiger partial charge in [0, 0.05) is 18.7 Å². The van der Waals surface area contributed by atoms with Crippen LogP contribution >= 0.6 is 0 Å². The lowest BCUT2D eigenvalue weighted by Crippen LogP contribution is -2.04. The van der Waals surface area contributed by atoms with Crippen molar-refractivity contribution in [2.24, 2.45) is 4.99 Å². The van der Waals surface area contributed by atoms with E-state index in [0.29, 0.717) is 0 Å². The molecule has 0 N–H and O–H groups in total. The lowest BCUT2D eigenvalue weighted by molar-refractivity contribution is 0.642. The molecule has 1 aliphatic rings. The molecule has 0 radical (unpaired) electrons. The van der Waals surface area contributed by atoms with Crippen molar-refractivity contribution in [3.05, 3.63) is 42.5 Å². The molecule has 1 aliphatic heterocycles. The van der Waals surface area contributed by atoms with Gasteiger partial charge in [0.05, 0.1) is 0 Å². The number of rotatable bonds is 3. The van der Waals surface area contributed by atoms with Gasteiger partial charge in [0.2, 0.25) is 0 Å². The Morgan fingerprint density at radius 3 is 2.65 bits per heavy atom. The largest absolute Gasteiger partial charge is 0.294 e. The first-order valence-electron chi connectivity index (χ1n) is 6.61. The Kier molecular flexibility index (Phi) is 4.54. The normalized spacial score (nSPS) is 16.8. The molecular weight excluding hydrogens is 206 g/mol. The Balaban J connectivity index is 1.98. The van der Waals surface area contributed by atoms with Gasteiger partial charge in [-0.3, -0.25) is 4.99 Å². The van der Waals surface area contributed by atoms with Gasteiger partial charge in [-0.25, -0.2) is 0 Å². The minimum atomic E-state index is 0.948. The summed E-state index contributed by atoms with van der Waals surface area (Å²) in [5.74, 6) is 0. The molecule has 0 aromatic heterocycles. The van der Waals surface area contributed by atoms with Crippen molar-refractivity contribution in [2.75, 3.05) is 6.54 Å². The molecule has 1 aromatic carbocycles. The fourth-order valence-electron chi connectivity index (χ4n) is 2.28. The van der Waals surface area contributed by atoms with Crippen molar-refractivity contribution in [3.63, 3.8) is 0 Å². The lowest BCUT2D eigenvalue weighted by Gasteiger charge is -2.12. The molecule has 1 heterocycles. The van der Waals surface area contributed by atoms with Crippen molar-refractivity contribution in [1.82, 2.24) is 0 Å². The number of hydrogen-bond donors (Lipinski definition) is 0. The molecule has 0 spiro atoms. The molecule has 1 heteroatoms. The van der Waals surface area contributed by atoms with Crippen molar-refractivity contribution < 1.29 is 0 Å². The highest BCUT2D eigenvalue weighted by Crippen LogP contribution is 2.19. The molecule has 1 nitrogen and oxygen atoms in total. The van der Waals surface area contributed by atoms with E-state index in [4.69, 9.17) is 4.99 Å². The van der Waals surface area contributed by atoms with E-state index >= 15 is 0 Å². The fourth-order valence-corrected chi connectivity index (χ4v) is 2.28. The van der Waals surface area contributed by atoms with Crippen molar-refractivity contribution in [3.8, 4) is 0 Å². The Labute approximate surface area is 104 Å². The molecule has 0 bridgehead atoms. The number of nitrogens with zero attached hydrogens (tertiary/aromatic N) is 1. The molecule has 0 unspecified atom stereocenters. The smallest absolute Gasteiger partial charge is 0.0388 e. The van der Waals surface area contributed by atoms with E-state index in [-0.39, 0.29) is 0 Å². The number of aliphatic imine (C=N–C) groups is 1. The third kappa shape index (κ3) is 3.85. The summed E-state index contributed by atoms with van der Waals surface area (Å²) in [5.41, 5.74) is 3.79. The monoisotopic (exact) mass is 227 g/mol. The number of benzene rings is 1. The highest BCUT2D eigenvalue weighted by Gasteiger charge is 2.06. The summed E-state index contributed by atoms with van der Waals surface area (Å²) in [6.45, 7) is 5.20. The Bertz CT molecular complexity index is 389. The number of hydrogen-bond acceptors (Lipinski definition) is 1. The van der Waals surface area contributed by atoms with E-state index in [9.17, 15) is 0 Å². The van der Waals surface area contributed by atoms with Gasteiger partial charge in [0.25, 0.3) is 0 Å². The summed E-state index contributed by atoms with van der Waals surface area (Å²) >= 11 is 0. The van der Waals surface area contributed by atoms with Crippen molar-refractivity contribution in [2.45, 2.75) is 38.5 Å². The van der Waals surface area contributed by atoms with Crippen LogP contribution in [0.15, 0.2) is 41.9 Å². The van der Waals surface area contributed by atoms with Crippen LogP contribution in [-0.2, 0) is 0 Å². The SMILES string of the molecule is C=C(CC1=NCCCCCC1)c1ccccc1. The molecule has 0 fully saturated rings. The summed E-state index contributed by atoms with van der Waals surface area (Å²) in [6.07, 6.45) is 7.35. The van der Waals surface area contributed by atoms with E-state index in [1.807, 2.05) is 6.07 Å². The summed E-state index contributed by atoms with van der Waals surface area (Å²) in [4.78, 5) is 4.70. The van der Waals surface area contributed by atoms with Crippen LogP contribution < -0.4 is 0 Å². The van der Waals surface area contributed by atoms with E-state index in [2.05, 4.69) is 30.8 Å². The van der Waals surface area contributed by atoms with Crippen LogP contribution in [0.5, 0.6) is 0 Å². The van der Waals surface area contributed by atoms with Crippen LogP contribution in [0.25, 0.3) is 5.57 Å². The molecule has 1 aromatic rings. The molecule has 0 atom stereocenters. The van der Waals surface area contributed by atoms with Crippen LogP contribution in [0.2, 0.25) is 0 Å². The van der Waals surface area contributed by atoms with Crippen LogP contribution in [0, 0.1) is 0 Å². The lowest BCUT2D eigenvalue weighted by atomic mass is 9.98. The fraction of sp³-hybridized carbons (Fsp3) is 0.438. The maximum atomic E-state index is 4.70. The Morgan fingerprint density at radius 1 is 1.06 bits per heavy atom. The maximum absolute atomic E-state index is 4.70. The second kappa shape index (κ2) is 6.39. The van der Waals surface area contributed by atoms with Gasteiger partial charge >= 0.3 is 0 Å². The van der Waals surface area contributed by atoms with Gasteiger partial charge < -0.3 is 0 Å². The predicted molar refractivity (Wildman–Crippen MR) is 75.5 cm³/mol. The van der Waals surface area contributed by atoms with Gasteiger partial charge in [-0.05, 0) is 30.4 Å². The van der Waals surface area contributed by atoms with E-state index in [0.717, 1.165) is 19.4 Å². The molecule has 17 heavy (non-hydrogen) atoms. The van der Waals surface area contributed by atoms with Crippen LogP contribution in [0.3, 0.4) is 0 Å². The second-order valence-corrected chi connectivity index (χ2v) is 4.76. The molecule has 0 saturated heterocycles. The quantitative estimate of drug-likeness (QED) is 0.721. The number of allylic oxidation sites excluding steroid dienone is 1. The topological polar surface area (TPSA) is 12.4 Å². The first kappa shape index (κ1) is 12.1. The molecule has 0 amide bonds.